The highest BCUT2D eigenvalue weighted by Crippen LogP contribution is 2.15. The molecule has 0 saturated carbocycles. The van der Waals surface area contributed by atoms with E-state index in [9.17, 15) is 0 Å². The van der Waals surface area contributed by atoms with Gasteiger partial charge in [0, 0.05) is 5.69 Å². The third kappa shape index (κ3) is 2.01. The van der Waals surface area contributed by atoms with Crippen LogP contribution in [-0.4, -0.2) is 4.98 Å². The quantitative estimate of drug-likeness (QED) is 0.755. The van der Waals surface area contributed by atoms with E-state index in [0.29, 0.717) is 5.82 Å². The molecule has 3 N–H and O–H groups in total. The van der Waals surface area contributed by atoms with E-state index in [4.69, 9.17) is 5.73 Å². The average molecular weight is 185 g/mol. The van der Waals surface area contributed by atoms with Crippen molar-refractivity contribution in [3.63, 3.8) is 0 Å². The van der Waals surface area contributed by atoms with Crippen molar-refractivity contribution < 1.29 is 0 Å². The second kappa shape index (κ2) is 3.79. The number of para-hydroxylation sites is 1. The monoisotopic (exact) mass is 185 g/mol. The fraction of sp³-hybridized carbons (Fsp3) is 0. The Morgan fingerprint density at radius 3 is 2.36 bits per heavy atom. The number of nitrogens with zero attached hydrogens (tertiary/aromatic N) is 1. The van der Waals surface area contributed by atoms with E-state index >= 15 is 0 Å². The molecule has 70 valence electrons. The molecular weight excluding hydrogens is 174 g/mol. The number of nitrogen functional groups attached to an aromatic ring is 1. The molecule has 1 aromatic carbocycles. The largest absolute Gasteiger partial charge is 0.384 e. The summed E-state index contributed by atoms with van der Waals surface area (Å²) in [6.07, 6.45) is 1.71. The summed E-state index contributed by atoms with van der Waals surface area (Å²) < 4.78 is 0. The van der Waals surface area contributed by atoms with Crippen molar-refractivity contribution >= 4 is 17.2 Å². The van der Waals surface area contributed by atoms with E-state index in [2.05, 4.69) is 10.3 Å². The van der Waals surface area contributed by atoms with Gasteiger partial charge in [-0.3, -0.25) is 0 Å². The molecule has 1 heterocycles. The standard InChI is InChI=1S/C11H11N3/c12-11-7-6-10(8-13-11)14-9-4-2-1-3-5-9/h1-8,14H,(H2,12,13). The summed E-state index contributed by atoms with van der Waals surface area (Å²) in [5.41, 5.74) is 7.46. The van der Waals surface area contributed by atoms with Crippen LogP contribution in [0.15, 0.2) is 48.7 Å². The SMILES string of the molecule is Nc1ccc(Nc2ccccc2)cn1. The van der Waals surface area contributed by atoms with E-state index in [0.717, 1.165) is 11.4 Å². The van der Waals surface area contributed by atoms with Crippen LogP contribution in [0.3, 0.4) is 0 Å². The second-order valence-corrected chi connectivity index (χ2v) is 2.96. The van der Waals surface area contributed by atoms with Crippen molar-refractivity contribution in [2.75, 3.05) is 11.1 Å². The third-order valence-electron chi connectivity index (χ3n) is 1.85. The molecule has 14 heavy (non-hydrogen) atoms. The highest BCUT2D eigenvalue weighted by Gasteiger charge is 1.93. The Kier molecular flexibility index (Phi) is 2.32. The zero-order chi connectivity index (χ0) is 9.80. The lowest BCUT2D eigenvalue weighted by atomic mass is 10.3. The molecule has 0 aliphatic rings. The number of pyridine rings is 1. The van der Waals surface area contributed by atoms with Gasteiger partial charge in [0.25, 0.3) is 0 Å². The van der Waals surface area contributed by atoms with E-state index < -0.39 is 0 Å². The van der Waals surface area contributed by atoms with Gasteiger partial charge in [0.05, 0.1) is 11.9 Å². The fourth-order valence-electron chi connectivity index (χ4n) is 1.17. The molecule has 0 spiro atoms. The van der Waals surface area contributed by atoms with E-state index in [1.165, 1.54) is 0 Å². The number of nitrogens with two attached hydrogens (primary N) is 1. The molecule has 0 saturated heterocycles. The highest BCUT2D eigenvalue weighted by atomic mass is 14.9. The summed E-state index contributed by atoms with van der Waals surface area (Å²) in [6.45, 7) is 0. The van der Waals surface area contributed by atoms with Crippen LogP contribution >= 0.6 is 0 Å². The molecule has 0 unspecified atom stereocenters. The van der Waals surface area contributed by atoms with E-state index in [-0.39, 0.29) is 0 Å². The minimum atomic E-state index is 0.531. The maximum Gasteiger partial charge on any atom is 0.123 e. The lowest BCUT2D eigenvalue weighted by Gasteiger charge is -2.04. The van der Waals surface area contributed by atoms with Gasteiger partial charge in [0.1, 0.15) is 5.82 Å². The molecule has 2 aromatic rings. The zero-order valence-corrected chi connectivity index (χ0v) is 7.64. The van der Waals surface area contributed by atoms with E-state index in [1.807, 2.05) is 36.4 Å². The molecule has 0 aliphatic carbocycles. The van der Waals surface area contributed by atoms with Crippen molar-refractivity contribution in [1.82, 2.24) is 4.98 Å². The average Bonchev–Trinajstić information content (AvgIpc) is 2.23. The van der Waals surface area contributed by atoms with Gasteiger partial charge in [-0.1, -0.05) is 18.2 Å². The van der Waals surface area contributed by atoms with Crippen LogP contribution in [0, 0.1) is 0 Å². The van der Waals surface area contributed by atoms with Crippen LogP contribution in [-0.2, 0) is 0 Å². The van der Waals surface area contributed by atoms with Crippen molar-refractivity contribution in [3.8, 4) is 0 Å². The maximum atomic E-state index is 5.48. The van der Waals surface area contributed by atoms with Gasteiger partial charge < -0.3 is 11.1 Å². The van der Waals surface area contributed by atoms with E-state index in [1.54, 1.807) is 12.3 Å². The van der Waals surface area contributed by atoms with Gasteiger partial charge in [-0.25, -0.2) is 4.98 Å². The van der Waals surface area contributed by atoms with Gasteiger partial charge in [0.2, 0.25) is 0 Å². The van der Waals surface area contributed by atoms with Gasteiger partial charge >= 0.3 is 0 Å². The normalized spacial score (nSPS) is 9.71. The lowest BCUT2D eigenvalue weighted by Crippen LogP contribution is -1.93. The van der Waals surface area contributed by atoms with Crippen molar-refractivity contribution in [3.05, 3.63) is 48.7 Å². The zero-order valence-electron chi connectivity index (χ0n) is 7.64. The maximum absolute atomic E-state index is 5.48. The Morgan fingerprint density at radius 2 is 1.71 bits per heavy atom. The molecule has 3 heteroatoms. The number of rotatable bonds is 2. The number of benzene rings is 1. The molecule has 1 aromatic heterocycles. The van der Waals surface area contributed by atoms with Gasteiger partial charge in [-0.15, -0.1) is 0 Å². The van der Waals surface area contributed by atoms with Gasteiger partial charge in [-0.2, -0.15) is 0 Å². The molecule has 0 aliphatic heterocycles. The Hall–Kier alpha value is -2.03. The molecule has 0 bridgehead atoms. The smallest absolute Gasteiger partial charge is 0.123 e. The Bertz CT molecular complexity index is 395. The lowest BCUT2D eigenvalue weighted by molar-refractivity contribution is 1.33. The van der Waals surface area contributed by atoms with Crippen molar-refractivity contribution in [2.24, 2.45) is 0 Å². The van der Waals surface area contributed by atoms with Gasteiger partial charge in [-0.05, 0) is 24.3 Å². The van der Waals surface area contributed by atoms with Crippen LogP contribution in [0.2, 0.25) is 0 Å². The molecule has 3 nitrogen and oxygen atoms in total. The fourth-order valence-corrected chi connectivity index (χ4v) is 1.17. The van der Waals surface area contributed by atoms with Crippen molar-refractivity contribution in [1.29, 1.82) is 0 Å². The molecule has 2 rings (SSSR count). The summed E-state index contributed by atoms with van der Waals surface area (Å²) in [5, 5.41) is 3.21. The van der Waals surface area contributed by atoms with Crippen molar-refractivity contribution in [2.45, 2.75) is 0 Å². The number of nitrogens with one attached hydrogen (secondary N) is 1. The Morgan fingerprint density at radius 1 is 0.929 bits per heavy atom. The predicted octanol–water partition coefficient (Wildman–Crippen LogP) is 2.41. The number of hydrogen-bond donors (Lipinski definition) is 2. The third-order valence-corrected chi connectivity index (χ3v) is 1.85. The molecular formula is C11H11N3. The molecule has 0 fully saturated rings. The first kappa shape index (κ1) is 8.56. The topological polar surface area (TPSA) is 50.9 Å². The first-order valence-electron chi connectivity index (χ1n) is 4.38. The first-order valence-corrected chi connectivity index (χ1v) is 4.38. The second-order valence-electron chi connectivity index (χ2n) is 2.96. The summed E-state index contributed by atoms with van der Waals surface area (Å²) in [7, 11) is 0. The summed E-state index contributed by atoms with van der Waals surface area (Å²) in [4.78, 5) is 3.99. The first-order chi connectivity index (χ1) is 6.84. The van der Waals surface area contributed by atoms with Gasteiger partial charge in [0.15, 0.2) is 0 Å². The van der Waals surface area contributed by atoms with Crippen LogP contribution in [0.1, 0.15) is 0 Å². The predicted molar refractivity (Wildman–Crippen MR) is 58.4 cm³/mol. The minimum Gasteiger partial charge on any atom is -0.384 e. The van der Waals surface area contributed by atoms with Crippen LogP contribution in [0.5, 0.6) is 0 Å². The summed E-state index contributed by atoms with van der Waals surface area (Å²) in [6, 6.07) is 13.6. The molecule has 0 amide bonds. The minimum absolute atomic E-state index is 0.531. The number of hydrogen-bond acceptors (Lipinski definition) is 3. The summed E-state index contributed by atoms with van der Waals surface area (Å²) in [5.74, 6) is 0.531. The molecule has 0 radical (unpaired) electrons. The Labute approximate surface area is 82.6 Å². The summed E-state index contributed by atoms with van der Waals surface area (Å²) >= 11 is 0. The van der Waals surface area contributed by atoms with Crippen LogP contribution in [0.25, 0.3) is 0 Å². The number of anilines is 3. The van der Waals surface area contributed by atoms with Crippen LogP contribution in [0.4, 0.5) is 17.2 Å². The highest BCUT2D eigenvalue weighted by molar-refractivity contribution is 5.59. The number of aromatic nitrogens is 1. The Balaban J connectivity index is 2.16. The molecule has 0 atom stereocenters. The van der Waals surface area contributed by atoms with Crippen LogP contribution < -0.4 is 11.1 Å².